The maximum atomic E-state index is 12.3. The van der Waals surface area contributed by atoms with E-state index in [9.17, 15) is 18.0 Å². The van der Waals surface area contributed by atoms with E-state index >= 15 is 0 Å². The van der Waals surface area contributed by atoms with Crippen molar-refractivity contribution in [2.45, 2.75) is 25.0 Å². The standard InChI is InChI=1S/C12H13ClF3NO/c1-8(13)11(18)17(2)7-9-3-5-10(6-4-9)12(14,15)16/h3-6,8H,7H2,1-2H3. The van der Waals surface area contributed by atoms with Crippen LogP contribution in [-0.2, 0) is 17.5 Å². The first-order chi connectivity index (χ1) is 8.21. The van der Waals surface area contributed by atoms with Crippen LogP contribution in [0.4, 0.5) is 13.2 Å². The summed E-state index contributed by atoms with van der Waals surface area (Å²) >= 11 is 5.63. The zero-order chi connectivity index (χ0) is 13.9. The first-order valence-corrected chi connectivity index (χ1v) is 5.70. The number of carbonyl (C=O) groups is 1. The van der Waals surface area contributed by atoms with Crippen molar-refractivity contribution in [3.8, 4) is 0 Å². The lowest BCUT2D eigenvalue weighted by Crippen LogP contribution is -2.31. The summed E-state index contributed by atoms with van der Waals surface area (Å²) in [6, 6.07) is 4.70. The molecular formula is C12H13ClF3NO. The highest BCUT2D eigenvalue weighted by atomic mass is 35.5. The first kappa shape index (κ1) is 14.8. The fourth-order valence-corrected chi connectivity index (χ4v) is 1.62. The third-order valence-electron chi connectivity index (χ3n) is 2.42. The van der Waals surface area contributed by atoms with Crippen molar-refractivity contribution in [3.05, 3.63) is 35.4 Å². The molecule has 1 amide bonds. The highest BCUT2D eigenvalue weighted by Crippen LogP contribution is 2.29. The smallest absolute Gasteiger partial charge is 0.340 e. The average molecular weight is 280 g/mol. The SMILES string of the molecule is CC(Cl)C(=O)N(C)Cc1ccc(C(F)(F)F)cc1. The van der Waals surface area contributed by atoms with Crippen LogP contribution in [0.15, 0.2) is 24.3 Å². The van der Waals surface area contributed by atoms with E-state index in [0.29, 0.717) is 5.56 Å². The Balaban J connectivity index is 2.73. The van der Waals surface area contributed by atoms with E-state index in [-0.39, 0.29) is 12.5 Å². The van der Waals surface area contributed by atoms with Crippen molar-refractivity contribution in [2.24, 2.45) is 0 Å². The Morgan fingerprint density at radius 3 is 2.22 bits per heavy atom. The van der Waals surface area contributed by atoms with Crippen LogP contribution in [-0.4, -0.2) is 23.2 Å². The third kappa shape index (κ3) is 3.91. The van der Waals surface area contributed by atoms with E-state index in [1.807, 2.05) is 0 Å². The fraction of sp³-hybridized carbons (Fsp3) is 0.417. The lowest BCUT2D eigenvalue weighted by atomic mass is 10.1. The zero-order valence-electron chi connectivity index (χ0n) is 9.96. The summed E-state index contributed by atoms with van der Waals surface area (Å²) in [5.74, 6) is -0.267. The van der Waals surface area contributed by atoms with Gasteiger partial charge in [0, 0.05) is 13.6 Å². The number of alkyl halides is 4. The average Bonchev–Trinajstić information content (AvgIpc) is 2.27. The number of amides is 1. The van der Waals surface area contributed by atoms with Crippen molar-refractivity contribution in [1.82, 2.24) is 4.90 Å². The van der Waals surface area contributed by atoms with Gasteiger partial charge in [0.1, 0.15) is 5.38 Å². The molecule has 6 heteroatoms. The Morgan fingerprint density at radius 1 is 1.33 bits per heavy atom. The third-order valence-corrected chi connectivity index (χ3v) is 2.60. The van der Waals surface area contributed by atoms with Gasteiger partial charge in [0.05, 0.1) is 5.56 Å². The van der Waals surface area contributed by atoms with E-state index in [1.54, 1.807) is 14.0 Å². The Hall–Kier alpha value is -1.23. The van der Waals surface area contributed by atoms with E-state index < -0.39 is 17.1 Å². The van der Waals surface area contributed by atoms with Crippen molar-refractivity contribution in [3.63, 3.8) is 0 Å². The molecule has 0 aliphatic heterocycles. The van der Waals surface area contributed by atoms with Gasteiger partial charge in [-0.2, -0.15) is 13.2 Å². The fourth-order valence-electron chi connectivity index (χ4n) is 1.45. The molecule has 0 N–H and O–H groups in total. The molecule has 0 fully saturated rings. The number of rotatable bonds is 3. The van der Waals surface area contributed by atoms with E-state index in [2.05, 4.69) is 0 Å². The molecule has 1 unspecified atom stereocenters. The van der Waals surface area contributed by atoms with Crippen molar-refractivity contribution >= 4 is 17.5 Å². The van der Waals surface area contributed by atoms with Crippen LogP contribution in [0.5, 0.6) is 0 Å². The number of nitrogens with zero attached hydrogens (tertiary/aromatic N) is 1. The summed E-state index contributed by atoms with van der Waals surface area (Å²) < 4.78 is 37.0. The molecule has 0 radical (unpaired) electrons. The monoisotopic (exact) mass is 279 g/mol. The van der Waals surface area contributed by atoms with Gasteiger partial charge >= 0.3 is 6.18 Å². The minimum absolute atomic E-state index is 0.230. The minimum Gasteiger partial charge on any atom is -0.340 e. The predicted molar refractivity (Wildman–Crippen MR) is 63.2 cm³/mol. The van der Waals surface area contributed by atoms with E-state index in [4.69, 9.17) is 11.6 Å². The molecule has 1 aromatic carbocycles. The second kappa shape index (κ2) is 5.61. The van der Waals surface area contributed by atoms with Gasteiger partial charge in [-0.3, -0.25) is 4.79 Å². The topological polar surface area (TPSA) is 20.3 Å². The number of hydrogen-bond donors (Lipinski definition) is 0. The predicted octanol–water partition coefficient (Wildman–Crippen LogP) is 3.29. The van der Waals surface area contributed by atoms with Crippen molar-refractivity contribution < 1.29 is 18.0 Å². The summed E-state index contributed by atoms with van der Waals surface area (Å²) in [5.41, 5.74) is -0.0814. The molecule has 0 spiro atoms. The molecule has 0 aromatic heterocycles. The Kier molecular flexibility index (Phi) is 4.62. The number of benzene rings is 1. The first-order valence-electron chi connectivity index (χ1n) is 5.27. The van der Waals surface area contributed by atoms with Crippen LogP contribution in [0.2, 0.25) is 0 Å². The number of hydrogen-bond acceptors (Lipinski definition) is 1. The van der Waals surface area contributed by atoms with E-state index in [1.165, 1.54) is 17.0 Å². The Labute approximate surface area is 108 Å². The molecule has 2 nitrogen and oxygen atoms in total. The molecule has 100 valence electrons. The molecule has 0 heterocycles. The van der Waals surface area contributed by atoms with Gasteiger partial charge < -0.3 is 4.90 Å². The van der Waals surface area contributed by atoms with Crippen LogP contribution in [0.3, 0.4) is 0 Å². The highest BCUT2D eigenvalue weighted by molar-refractivity contribution is 6.30. The van der Waals surface area contributed by atoms with Gasteiger partial charge in [-0.15, -0.1) is 11.6 Å². The second-order valence-electron chi connectivity index (χ2n) is 4.00. The second-order valence-corrected chi connectivity index (χ2v) is 4.66. The van der Waals surface area contributed by atoms with Crippen molar-refractivity contribution in [1.29, 1.82) is 0 Å². The van der Waals surface area contributed by atoms with Gasteiger partial charge in [0.25, 0.3) is 0 Å². The summed E-state index contributed by atoms with van der Waals surface area (Å²) in [5, 5.41) is -0.649. The summed E-state index contributed by atoms with van der Waals surface area (Å²) in [6.07, 6.45) is -4.34. The van der Waals surface area contributed by atoms with Crippen LogP contribution in [0.25, 0.3) is 0 Å². The van der Waals surface area contributed by atoms with Crippen molar-refractivity contribution in [2.75, 3.05) is 7.05 Å². The summed E-state index contributed by atoms with van der Waals surface area (Å²) in [4.78, 5) is 12.9. The van der Waals surface area contributed by atoms with Crippen LogP contribution >= 0.6 is 11.6 Å². The lowest BCUT2D eigenvalue weighted by Gasteiger charge is -2.18. The minimum atomic E-state index is -4.34. The maximum Gasteiger partial charge on any atom is 0.416 e. The molecule has 18 heavy (non-hydrogen) atoms. The van der Waals surface area contributed by atoms with Crippen LogP contribution in [0.1, 0.15) is 18.1 Å². The van der Waals surface area contributed by atoms with Gasteiger partial charge in [0.15, 0.2) is 0 Å². The summed E-state index contributed by atoms with van der Waals surface area (Å²) in [7, 11) is 1.55. The van der Waals surface area contributed by atoms with Crippen LogP contribution < -0.4 is 0 Å². The van der Waals surface area contributed by atoms with Crippen LogP contribution in [0, 0.1) is 0 Å². The molecule has 0 aliphatic rings. The summed E-state index contributed by atoms with van der Waals surface area (Å²) in [6.45, 7) is 1.78. The normalized spacial score (nSPS) is 13.2. The Morgan fingerprint density at radius 2 is 1.83 bits per heavy atom. The van der Waals surface area contributed by atoms with E-state index in [0.717, 1.165) is 12.1 Å². The molecule has 1 aromatic rings. The largest absolute Gasteiger partial charge is 0.416 e. The molecular weight excluding hydrogens is 267 g/mol. The number of carbonyl (C=O) groups excluding carboxylic acids is 1. The van der Waals surface area contributed by atoms with Gasteiger partial charge in [-0.05, 0) is 24.6 Å². The number of halogens is 4. The molecule has 0 saturated carbocycles. The molecule has 0 saturated heterocycles. The quantitative estimate of drug-likeness (QED) is 0.778. The highest BCUT2D eigenvalue weighted by Gasteiger charge is 2.30. The molecule has 0 aliphatic carbocycles. The molecule has 0 bridgehead atoms. The zero-order valence-corrected chi connectivity index (χ0v) is 10.7. The molecule has 1 rings (SSSR count). The van der Waals surface area contributed by atoms with Gasteiger partial charge in [-0.1, -0.05) is 12.1 Å². The molecule has 1 atom stereocenters. The van der Waals surface area contributed by atoms with Gasteiger partial charge in [0.2, 0.25) is 5.91 Å². The maximum absolute atomic E-state index is 12.3. The Bertz CT molecular complexity index is 414. The lowest BCUT2D eigenvalue weighted by molar-refractivity contribution is -0.137. The van der Waals surface area contributed by atoms with Gasteiger partial charge in [-0.25, -0.2) is 0 Å².